The number of rotatable bonds is 12. The van der Waals surface area contributed by atoms with Crippen LogP contribution in [-0.4, -0.2) is 233 Å². The summed E-state index contributed by atoms with van der Waals surface area (Å²) >= 11 is 6.51. The van der Waals surface area contributed by atoms with Crippen molar-refractivity contribution >= 4 is 76.6 Å². The summed E-state index contributed by atoms with van der Waals surface area (Å²) in [5.41, 5.74) is -1.54. The fourth-order valence-electron chi connectivity index (χ4n) is 14.5. The molecule has 94 heavy (non-hydrogen) atoms. The molecule has 2 aliphatic heterocycles. The lowest BCUT2D eigenvalue weighted by Crippen LogP contribution is -2.64. The van der Waals surface area contributed by atoms with Crippen LogP contribution in [0.15, 0.2) is 0 Å². The van der Waals surface area contributed by atoms with E-state index in [2.05, 4.69) is 21.3 Å². The van der Waals surface area contributed by atoms with Crippen LogP contribution in [0.4, 0.5) is 17.6 Å². The van der Waals surface area contributed by atoms with Gasteiger partial charge in [0, 0.05) is 66.7 Å². The van der Waals surface area contributed by atoms with Gasteiger partial charge in [0.25, 0.3) is 0 Å². The van der Waals surface area contributed by atoms with Crippen LogP contribution < -0.4 is 21.3 Å². The first-order chi connectivity index (χ1) is 43.8. The summed E-state index contributed by atoms with van der Waals surface area (Å²) in [5.74, 6) is -11.0. The van der Waals surface area contributed by atoms with Crippen LogP contribution in [0.25, 0.3) is 0 Å². The van der Waals surface area contributed by atoms with Crippen LogP contribution in [0.1, 0.15) is 184 Å². The number of fused-ring (bicyclic) bond motifs is 1. The van der Waals surface area contributed by atoms with E-state index in [1.54, 1.807) is 27.7 Å². The molecule has 12 atom stereocenters. The van der Waals surface area contributed by atoms with E-state index < -0.39 is 181 Å². The van der Waals surface area contributed by atoms with E-state index in [-0.39, 0.29) is 93.9 Å². The molecule has 5 aliphatic rings. The van der Waals surface area contributed by atoms with Crippen molar-refractivity contribution in [3.05, 3.63) is 0 Å². The van der Waals surface area contributed by atoms with Gasteiger partial charge in [-0.2, -0.15) is 13.2 Å². The van der Waals surface area contributed by atoms with Crippen molar-refractivity contribution in [3.8, 4) is 0 Å². The summed E-state index contributed by atoms with van der Waals surface area (Å²) in [7, 11) is 8.55. The van der Waals surface area contributed by atoms with Crippen molar-refractivity contribution < 1.29 is 70.3 Å². The normalized spacial score (nSPS) is 31.2. The summed E-state index contributed by atoms with van der Waals surface area (Å²) in [6.45, 7) is 15.2. The van der Waals surface area contributed by atoms with Gasteiger partial charge in [0.05, 0.1) is 19.0 Å². The number of nitrogens with zero attached hydrogens (tertiary/aromatic N) is 7. The lowest BCUT2D eigenvalue weighted by atomic mass is 9.78. The maximum atomic E-state index is 15.3. The van der Waals surface area contributed by atoms with E-state index in [1.165, 1.54) is 71.7 Å². The second kappa shape index (κ2) is 34.4. The molecule has 27 heteroatoms. The standard InChI is InChI=1S/C67H110ClF4N11O11/c1-16-41(8)56-64(93)78(11)37-55(86)83-30-27-49(83)63(92)80(13)52(35-44-19-23-45(68)24-20-44)62(91)77(10)36-53(84)74-48(26-22-43-21-25-46(47(69)34-43)67(70,71)72)61(90)79(12)51(32-39(4)5)59(88)76-66(28-17-18-29-66)65(94)81(14)50(31-38(2)3)58(87)73-42(9)33-54(85)82(15)57(40(6)7)60(89)75-56/h38-52,56-57H,16-37H2,1-15H3,(H,73,87)(H,74,84)(H,75,89)(H,76,88)/t41-,42+,43?,44?,45?,46?,47?,48-,49-,50-,51-,52-,56-,57-/m0/s1. The zero-order chi connectivity index (χ0) is 70.6. The van der Waals surface area contributed by atoms with Crippen molar-refractivity contribution in [1.82, 2.24) is 55.6 Å². The van der Waals surface area contributed by atoms with Gasteiger partial charge in [-0.1, -0.05) is 74.7 Å². The van der Waals surface area contributed by atoms with E-state index in [9.17, 15) is 51.5 Å². The predicted octanol–water partition coefficient (Wildman–Crippen LogP) is 6.20. The first-order valence-electron chi connectivity index (χ1n) is 34.3. The lowest BCUT2D eigenvalue weighted by Gasteiger charge is -2.44. The van der Waals surface area contributed by atoms with Gasteiger partial charge < -0.3 is 55.6 Å². The SMILES string of the molecule is CC[C@H](C)[C@@H]1NC(=O)[C@H](C(C)C)N(C)C(=O)C[C@@H](C)NC(=O)[C@H](CC(C)C)N(C)C(=O)C2(CCCC2)NC(=O)[C@H](CC(C)C)N(C)C(=O)[C@H](CCC2CCC(C(F)(F)F)C(F)C2)NC(=O)CN(C)C(=O)[C@H](CC2CCC(Cl)CC2)N(C)C(=O)[C@@H]2CCN2C(=O)CN(C)C1=O. The zero-order valence-electron chi connectivity index (χ0n) is 58.4. The molecule has 3 saturated carbocycles. The summed E-state index contributed by atoms with van der Waals surface area (Å²) < 4.78 is 56.7. The van der Waals surface area contributed by atoms with Crippen LogP contribution >= 0.6 is 11.6 Å². The third-order valence-electron chi connectivity index (χ3n) is 20.5. The van der Waals surface area contributed by atoms with Crippen molar-refractivity contribution in [1.29, 1.82) is 0 Å². The van der Waals surface area contributed by atoms with Crippen LogP contribution in [0.3, 0.4) is 0 Å². The van der Waals surface area contributed by atoms with E-state index in [0.29, 0.717) is 44.9 Å². The Hall–Kier alpha value is -5.82. The number of amides is 11. The fraction of sp³-hybridized carbons (Fsp3) is 0.836. The minimum Gasteiger partial charge on any atom is -0.351 e. The average molecular weight is 1360 g/mol. The molecule has 0 bridgehead atoms. The predicted molar refractivity (Wildman–Crippen MR) is 347 cm³/mol. The lowest BCUT2D eigenvalue weighted by molar-refractivity contribution is -0.201. The molecule has 5 rings (SSSR count). The summed E-state index contributed by atoms with van der Waals surface area (Å²) in [4.78, 5) is 170. The molecule has 22 nitrogen and oxygen atoms in total. The molecule has 4 N–H and O–H groups in total. The first-order valence-corrected chi connectivity index (χ1v) is 34.7. The van der Waals surface area contributed by atoms with Gasteiger partial charge >= 0.3 is 6.18 Å². The minimum atomic E-state index is -4.75. The van der Waals surface area contributed by atoms with Crippen LogP contribution in [-0.2, 0) is 52.7 Å². The monoisotopic (exact) mass is 1360 g/mol. The van der Waals surface area contributed by atoms with Crippen molar-refractivity contribution in [2.24, 2.45) is 41.4 Å². The van der Waals surface area contributed by atoms with Crippen LogP contribution in [0.2, 0.25) is 0 Å². The number of halogens is 5. The molecule has 0 aromatic heterocycles. The van der Waals surface area contributed by atoms with Gasteiger partial charge in [0.15, 0.2) is 0 Å². The van der Waals surface area contributed by atoms with E-state index >= 15 is 18.8 Å². The third kappa shape index (κ3) is 20.4. The Balaban J connectivity index is 1.57. The highest BCUT2D eigenvalue weighted by molar-refractivity contribution is 6.20. The molecule has 2 saturated heterocycles. The van der Waals surface area contributed by atoms with Gasteiger partial charge in [-0.05, 0) is 139 Å². The number of hydrogen-bond donors (Lipinski definition) is 4. The fourth-order valence-corrected chi connectivity index (χ4v) is 14.7. The van der Waals surface area contributed by atoms with E-state index in [1.807, 2.05) is 34.6 Å². The second-order valence-corrected chi connectivity index (χ2v) is 29.9. The van der Waals surface area contributed by atoms with Crippen LogP contribution in [0, 0.1) is 41.4 Å². The maximum Gasteiger partial charge on any atom is 0.394 e. The highest BCUT2D eigenvalue weighted by atomic mass is 35.5. The van der Waals surface area contributed by atoms with E-state index in [4.69, 9.17) is 11.6 Å². The zero-order valence-corrected chi connectivity index (χ0v) is 59.1. The Kier molecular flexibility index (Phi) is 28.9. The number of likely N-dealkylation sites (N-methyl/N-ethyl adjacent to an activating group) is 6. The molecule has 11 amide bonds. The van der Waals surface area contributed by atoms with Gasteiger partial charge in [0.1, 0.15) is 54.0 Å². The second-order valence-electron chi connectivity index (χ2n) is 29.3. The number of carbonyl (C=O) groups excluding carboxylic acids is 11. The van der Waals surface area contributed by atoms with Crippen molar-refractivity contribution in [2.75, 3.05) is 61.9 Å². The molecule has 1 spiro atoms. The Morgan fingerprint density at radius 3 is 1.70 bits per heavy atom. The topological polar surface area (TPSA) is 259 Å². The summed E-state index contributed by atoms with van der Waals surface area (Å²) in [6, 6.07) is -9.07. The summed E-state index contributed by atoms with van der Waals surface area (Å²) in [5, 5.41) is 11.5. The highest BCUT2D eigenvalue weighted by Gasteiger charge is 2.51. The molecule has 0 radical (unpaired) electrons. The largest absolute Gasteiger partial charge is 0.394 e. The molecular weight excluding hydrogens is 1250 g/mol. The van der Waals surface area contributed by atoms with Gasteiger partial charge in [0.2, 0.25) is 65.0 Å². The Morgan fingerprint density at radius 1 is 0.606 bits per heavy atom. The quantitative estimate of drug-likeness (QED) is 0.126. The van der Waals surface area contributed by atoms with Crippen molar-refractivity contribution in [2.45, 2.75) is 256 Å². The molecule has 0 aromatic carbocycles. The Bertz CT molecular complexity index is 2680. The third-order valence-corrected chi connectivity index (χ3v) is 21.0. The molecule has 0 aromatic rings. The average Bonchev–Trinajstić information content (AvgIpc) is 1.23. The highest BCUT2D eigenvalue weighted by Crippen LogP contribution is 2.43. The first kappa shape index (κ1) is 78.9. The molecule has 5 fully saturated rings. The molecule has 2 heterocycles. The number of nitrogens with one attached hydrogen (secondary N) is 4. The molecule has 3 aliphatic carbocycles. The smallest absolute Gasteiger partial charge is 0.351 e. The van der Waals surface area contributed by atoms with Crippen molar-refractivity contribution in [3.63, 3.8) is 0 Å². The number of hydrogen-bond acceptors (Lipinski definition) is 11. The summed E-state index contributed by atoms with van der Waals surface area (Å²) in [6.07, 6.45) is -3.21. The molecular formula is C67H110ClF4N11O11. The van der Waals surface area contributed by atoms with Crippen LogP contribution in [0.5, 0.6) is 0 Å². The van der Waals surface area contributed by atoms with Gasteiger partial charge in [-0.3, -0.25) is 52.7 Å². The Morgan fingerprint density at radius 2 is 1.17 bits per heavy atom. The van der Waals surface area contributed by atoms with Gasteiger partial charge in [-0.15, -0.1) is 11.6 Å². The maximum absolute atomic E-state index is 15.3. The molecule has 534 valence electrons. The van der Waals surface area contributed by atoms with Gasteiger partial charge in [-0.25, -0.2) is 4.39 Å². The number of alkyl halides is 5. The minimum absolute atomic E-state index is 0.00631. The number of carbonyl (C=O) groups is 11. The van der Waals surface area contributed by atoms with E-state index in [0.717, 1.165) is 4.90 Å². The Labute approximate surface area is 559 Å². The molecule has 3 unspecified atom stereocenters.